The number of aromatic nitrogens is 2. The molecule has 2 atom stereocenters. The first-order chi connectivity index (χ1) is 7.31. The second-order valence-electron chi connectivity index (χ2n) is 4.42. The van der Waals surface area contributed by atoms with Gasteiger partial charge in [-0.15, -0.1) is 0 Å². The molecule has 15 heavy (non-hydrogen) atoms. The predicted molar refractivity (Wildman–Crippen MR) is 66.0 cm³/mol. The van der Waals surface area contributed by atoms with Crippen LogP contribution in [0.1, 0.15) is 30.6 Å². The van der Waals surface area contributed by atoms with Gasteiger partial charge >= 0.3 is 0 Å². The Morgan fingerprint density at radius 1 is 1.53 bits per heavy atom. The highest BCUT2D eigenvalue weighted by Crippen LogP contribution is 2.37. The molecule has 82 valence electrons. The predicted octanol–water partition coefficient (Wildman–Crippen LogP) is 2.18. The van der Waals surface area contributed by atoms with Gasteiger partial charge in [-0.25, -0.2) is 0 Å². The van der Waals surface area contributed by atoms with E-state index in [1.165, 1.54) is 27.8 Å². The van der Waals surface area contributed by atoms with Crippen molar-refractivity contribution < 1.29 is 4.74 Å². The van der Waals surface area contributed by atoms with Crippen molar-refractivity contribution in [3.63, 3.8) is 0 Å². The van der Waals surface area contributed by atoms with Gasteiger partial charge in [0, 0.05) is 17.2 Å². The van der Waals surface area contributed by atoms with Gasteiger partial charge in [-0.1, -0.05) is 6.92 Å². The van der Waals surface area contributed by atoms with Gasteiger partial charge in [0.15, 0.2) is 0 Å². The van der Waals surface area contributed by atoms with Gasteiger partial charge in [-0.2, -0.15) is 5.10 Å². The molecule has 2 aliphatic heterocycles. The molecule has 0 saturated carbocycles. The fraction of sp³-hybridized carbons (Fsp3) is 0.727. The van der Waals surface area contributed by atoms with Crippen LogP contribution in [0.5, 0.6) is 0 Å². The van der Waals surface area contributed by atoms with Crippen LogP contribution in [-0.2, 0) is 17.6 Å². The third-order valence-electron chi connectivity index (χ3n) is 3.65. The maximum Gasteiger partial charge on any atom is 0.126 e. The SMILES string of the molecule is CCc1c(I)nn2c1CC[C@@H]1COC[C@@H]12. The molecule has 0 radical (unpaired) electrons. The van der Waals surface area contributed by atoms with Crippen LogP contribution in [0.15, 0.2) is 0 Å². The van der Waals surface area contributed by atoms with Crippen molar-refractivity contribution in [2.24, 2.45) is 5.92 Å². The van der Waals surface area contributed by atoms with Gasteiger partial charge in [0.1, 0.15) is 3.70 Å². The number of hydrogen-bond acceptors (Lipinski definition) is 2. The zero-order valence-electron chi connectivity index (χ0n) is 8.87. The molecule has 0 amide bonds. The van der Waals surface area contributed by atoms with E-state index in [9.17, 15) is 0 Å². The monoisotopic (exact) mass is 318 g/mol. The van der Waals surface area contributed by atoms with Gasteiger partial charge in [-0.05, 0) is 41.9 Å². The van der Waals surface area contributed by atoms with Crippen LogP contribution in [0.3, 0.4) is 0 Å². The van der Waals surface area contributed by atoms with E-state index in [2.05, 4.69) is 39.3 Å². The van der Waals surface area contributed by atoms with E-state index in [4.69, 9.17) is 4.74 Å². The van der Waals surface area contributed by atoms with Crippen molar-refractivity contribution in [2.75, 3.05) is 13.2 Å². The average molecular weight is 318 g/mol. The van der Waals surface area contributed by atoms with Crippen LogP contribution in [0.25, 0.3) is 0 Å². The number of hydrogen-bond donors (Lipinski definition) is 0. The van der Waals surface area contributed by atoms with E-state index < -0.39 is 0 Å². The van der Waals surface area contributed by atoms with E-state index >= 15 is 0 Å². The van der Waals surface area contributed by atoms with Crippen molar-refractivity contribution in [2.45, 2.75) is 32.2 Å². The first-order valence-electron chi connectivity index (χ1n) is 5.64. The lowest BCUT2D eigenvalue weighted by molar-refractivity contribution is 0.180. The Morgan fingerprint density at radius 3 is 3.20 bits per heavy atom. The Morgan fingerprint density at radius 2 is 2.40 bits per heavy atom. The molecule has 3 nitrogen and oxygen atoms in total. The highest BCUT2D eigenvalue weighted by molar-refractivity contribution is 14.1. The second-order valence-corrected chi connectivity index (χ2v) is 5.44. The van der Waals surface area contributed by atoms with Crippen LogP contribution in [-0.4, -0.2) is 23.0 Å². The Kier molecular flexibility index (Phi) is 2.51. The van der Waals surface area contributed by atoms with Gasteiger partial charge in [0.05, 0.1) is 19.3 Å². The molecule has 1 aromatic rings. The number of nitrogens with zero attached hydrogens (tertiary/aromatic N) is 2. The number of fused-ring (bicyclic) bond motifs is 3. The number of rotatable bonds is 1. The fourth-order valence-electron chi connectivity index (χ4n) is 2.82. The zero-order chi connectivity index (χ0) is 10.4. The summed E-state index contributed by atoms with van der Waals surface area (Å²) in [6.07, 6.45) is 3.56. The van der Waals surface area contributed by atoms with E-state index in [0.29, 0.717) is 12.0 Å². The molecule has 1 fully saturated rings. The van der Waals surface area contributed by atoms with Gasteiger partial charge in [0.25, 0.3) is 0 Å². The highest BCUT2D eigenvalue weighted by atomic mass is 127. The number of halogens is 1. The third-order valence-corrected chi connectivity index (χ3v) is 4.52. The summed E-state index contributed by atoms with van der Waals surface area (Å²) in [6, 6.07) is 0.516. The van der Waals surface area contributed by atoms with Gasteiger partial charge in [-0.3, -0.25) is 4.68 Å². The van der Waals surface area contributed by atoms with E-state index in [1.807, 2.05) is 0 Å². The lowest BCUT2D eigenvalue weighted by atomic mass is 9.92. The molecule has 0 aliphatic carbocycles. The minimum absolute atomic E-state index is 0.516. The summed E-state index contributed by atoms with van der Waals surface area (Å²) in [5.41, 5.74) is 2.93. The van der Waals surface area contributed by atoms with Gasteiger partial charge < -0.3 is 4.74 Å². The molecule has 1 saturated heterocycles. The summed E-state index contributed by atoms with van der Waals surface area (Å²) in [5.74, 6) is 0.706. The summed E-state index contributed by atoms with van der Waals surface area (Å²) < 4.78 is 9.01. The Hall–Kier alpha value is -0.100. The van der Waals surface area contributed by atoms with E-state index in [1.54, 1.807) is 0 Å². The maximum atomic E-state index is 5.57. The van der Waals surface area contributed by atoms with Crippen LogP contribution >= 0.6 is 22.6 Å². The van der Waals surface area contributed by atoms with Gasteiger partial charge in [0.2, 0.25) is 0 Å². The fourth-order valence-corrected chi connectivity index (χ4v) is 3.74. The summed E-state index contributed by atoms with van der Waals surface area (Å²) >= 11 is 2.36. The van der Waals surface area contributed by atoms with Crippen molar-refractivity contribution in [3.05, 3.63) is 15.0 Å². The van der Waals surface area contributed by atoms with Crippen molar-refractivity contribution >= 4 is 22.6 Å². The molecule has 0 bridgehead atoms. The molecule has 4 heteroatoms. The molecule has 0 unspecified atom stereocenters. The lowest BCUT2D eigenvalue weighted by Gasteiger charge is -2.26. The van der Waals surface area contributed by atoms with Crippen LogP contribution in [0.4, 0.5) is 0 Å². The van der Waals surface area contributed by atoms with Crippen LogP contribution < -0.4 is 0 Å². The number of ether oxygens (including phenoxy) is 1. The highest BCUT2D eigenvalue weighted by Gasteiger charge is 2.36. The standard InChI is InChI=1S/C11H15IN2O/c1-2-8-9-4-3-7-5-15-6-10(7)14(9)13-11(8)12/h7,10H,2-6H2,1H3/t7-,10+/m1/s1. The molecule has 2 aliphatic rings. The topological polar surface area (TPSA) is 27.1 Å². The first kappa shape index (κ1) is 10.1. The molecule has 1 aromatic heterocycles. The second kappa shape index (κ2) is 3.73. The molecule has 3 rings (SSSR count). The summed E-state index contributed by atoms with van der Waals surface area (Å²) in [6.45, 7) is 4.01. The van der Waals surface area contributed by atoms with Crippen molar-refractivity contribution in [1.82, 2.24) is 9.78 Å². The largest absolute Gasteiger partial charge is 0.379 e. The summed E-state index contributed by atoms with van der Waals surface area (Å²) in [5, 5.41) is 4.69. The van der Waals surface area contributed by atoms with Crippen LogP contribution in [0.2, 0.25) is 0 Å². The van der Waals surface area contributed by atoms with Crippen molar-refractivity contribution in [3.8, 4) is 0 Å². The summed E-state index contributed by atoms with van der Waals surface area (Å²) in [4.78, 5) is 0. The zero-order valence-corrected chi connectivity index (χ0v) is 11.0. The Bertz CT molecular complexity index is 388. The maximum absolute atomic E-state index is 5.57. The average Bonchev–Trinajstić information content (AvgIpc) is 2.79. The smallest absolute Gasteiger partial charge is 0.126 e. The lowest BCUT2D eigenvalue weighted by Crippen LogP contribution is -2.26. The molecule has 3 heterocycles. The third kappa shape index (κ3) is 1.45. The van der Waals surface area contributed by atoms with E-state index in [-0.39, 0.29) is 0 Å². The molecule has 0 spiro atoms. The quantitative estimate of drug-likeness (QED) is 0.742. The first-order valence-corrected chi connectivity index (χ1v) is 6.72. The van der Waals surface area contributed by atoms with Crippen LogP contribution in [0, 0.1) is 9.62 Å². The minimum Gasteiger partial charge on any atom is -0.379 e. The van der Waals surface area contributed by atoms with Crippen molar-refractivity contribution in [1.29, 1.82) is 0 Å². The molecule has 0 N–H and O–H groups in total. The molecule has 0 aromatic carbocycles. The minimum atomic E-state index is 0.516. The molecular weight excluding hydrogens is 303 g/mol. The normalized spacial score (nSPS) is 28.9. The Balaban J connectivity index is 2.07. The Labute approximate surface area is 103 Å². The molecular formula is C11H15IN2O. The summed E-state index contributed by atoms with van der Waals surface area (Å²) in [7, 11) is 0. The van der Waals surface area contributed by atoms with E-state index in [0.717, 1.165) is 19.6 Å².